The van der Waals surface area contributed by atoms with Crippen molar-refractivity contribution in [2.45, 2.75) is 19.1 Å². The second kappa shape index (κ2) is 13.6. The van der Waals surface area contributed by atoms with Crippen LogP contribution >= 0.6 is 0 Å². The molecule has 1 N–H and O–H groups in total. The van der Waals surface area contributed by atoms with E-state index in [-0.39, 0.29) is 11.9 Å². The van der Waals surface area contributed by atoms with Gasteiger partial charge in [0, 0.05) is 87.8 Å². The van der Waals surface area contributed by atoms with Gasteiger partial charge in [-0.05, 0) is 49.0 Å². The van der Waals surface area contributed by atoms with Crippen molar-refractivity contribution in [3.8, 4) is 5.75 Å². The van der Waals surface area contributed by atoms with Crippen LogP contribution < -0.4 is 19.9 Å². The summed E-state index contributed by atoms with van der Waals surface area (Å²) in [5.74, 6) is 0.900. The quantitative estimate of drug-likeness (QED) is 0.396. The summed E-state index contributed by atoms with van der Waals surface area (Å²) in [5.41, 5.74) is 5.51. The third kappa shape index (κ3) is 7.06. The van der Waals surface area contributed by atoms with Crippen molar-refractivity contribution in [1.82, 2.24) is 15.1 Å². The number of hydrogen-bond acceptors (Lipinski definition) is 7. The minimum absolute atomic E-state index is 0.0454. The predicted octanol–water partition coefficient (Wildman–Crippen LogP) is 3.51. The van der Waals surface area contributed by atoms with E-state index in [4.69, 9.17) is 9.47 Å². The largest absolute Gasteiger partial charge is 0.491 e. The molecule has 6 rings (SSSR count). The van der Waals surface area contributed by atoms with Crippen molar-refractivity contribution in [2.24, 2.45) is 0 Å². The molecule has 0 bridgehead atoms. The number of rotatable bonds is 9. The number of ether oxygens (including phenoxy) is 2. The summed E-state index contributed by atoms with van der Waals surface area (Å²) in [5, 5.41) is 3.23. The zero-order valence-electron chi connectivity index (χ0n) is 24.7. The number of fused-ring (bicyclic) bond motifs is 1. The van der Waals surface area contributed by atoms with Gasteiger partial charge in [-0.15, -0.1) is 0 Å². The Kier molecular flexibility index (Phi) is 9.23. The minimum Gasteiger partial charge on any atom is -0.491 e. The fraction of sp³-hybridized carbons (Fsp3) is 0.441. The van der Waals surface area contributed by atoms with Gasteiger partial charge in [0.2, 0.25) is 0 Å². The Morgan fingerprint density at radius 3 is 2.36 bits per heavy atom. The molecule has 42 heavy (non-hydrogen) atoms. The average molecular weight is 570 g/mol. The van der Waals surface area contributed by atoms with E-state index in [9.17, 15) is 4.79 Å². The Bertz CT molecular complexity index is 1300. The molecule has 0 unspecified atom stereocenters. The van der Waals surface area contributed by atoms with Crippen LogP contribution in [-0.2, 0) is 17.8 Å². The zero-order chi connectivity index (χ0) is 28.7. The molecule has 3 aromatic rings. The standard InChI is InChI=1S/C34H43N5O3/c1-36-14-18-39(19-15-36)32-8-5-9-33-31(32)24-29(26-42-33)35-34(40)28-10-12-30(13-11-28)38-20-16-37(17-21-38)22-23-41-25-27-6-3-2-4-7-27/h2-13,29H,14-26H2,1H3,(H,35,40)/t29-/m0/s1. The molecule has 0 radical (unpaired) electrons. The molecule has 222 valence electrons. The van der Waals surface area contributed by atoms with Gasteiger partial charge in [0.25, 0.3) is 5.91 Å². The number of benzene rings is 3. The van der Waals surface area contributed by atoms with Crippen LogP contribution in [0.3, 0.4) is 0 Å². The molecular formula is C34H43N5O3. The molecule has 8 heteroatoms. The van der Waals surface area contributed by atoms with Crippen LogP contribution in [0.1, 0.15) is 21.5 Å². The van der Waals surface area contributed by atoms with Crippen molar-refractivity contribution < 1.29 is 14.3 Å². The maximum Gasteiger partial charge on any atom is 0.251 e. The van der Waals surface area contributed by atoms with Gasteiger partial charge >= 0.3 is 0 Å². The van der Waals surface area contributed by atoms with Crippen molar-refractivity contribution in [1.29, 1.82) is 0 Å². The molecule has 2 saturated heterocycles. The predicted molar refractivity (Wildman–Crippen MR) is 168 cm³/mol. The monoisotopic (exact) mass is 569 g/mol. The van der Waals surface area contributed by atoms with Crippen LogP contribution in [0.2, 0.25) is 0 Å². The number of piperazine rings is 2. The maximum atomic E-state index is 13.2. The number of amides is 1. The number of carbonyl (C=O) groups excluding carboxylic acids is 1. The van der Waals surface area contributed by atoms with Gasteiger partial charge in [0.15, 0.2) is 0 Å². The SMILES string of the molecule is CN1CCN(c2cccc3c2C[C@H](NC(=O)c2ccc(N4CCN(CCOCc5ccccc5)CC4)cc2)CO3)CC1. The first-order chi connectivity index (χ1) is 20.6. The molecular weight excluding hydrogens is 526 g/mol. The van der Waals surface area contributed by atoms with Crippen LogP contribution in [-0.4, -0.2) is 101 Å². The fourth-order valence-corrected chi connectivity index (χ4v) is 6.11. The van der Waals surface area contributed by atoms with Crippen LogP contribution in [0.25, 0.3) is 0 Å². The average Bonchev–Trinajstić information content (AvgIpc) is 3.04. The second-order valence-electron chi connectivity index (χ2n) is 11.6. The van der Waals surface area contributed by atoms with Crippen molar-refractivity contribution in [2.75, 3.05) is 89.0 Å². The van der Waals surface area contributed by atoms with Gasteiger partial charge in [-0.3, -0.25) is 9.69 Å². The summed E-state index contributed by atoms with van der Waals surface area (Å²) in [6.45, 7) is 10.9. The summed E-state index contributed by atoms with van der Waals surface area (Å²) in [6.07, 6.45) is 0.781. The zero-order valence-corrected chi connectivity index (χ0v) is 24.7. The van der Waals surface area contributed by atoms with Crippen LogP contribution in [0.15, 0.2) is 72.8 Å². The molecule has 8 nitrogen and oxygen atoms in total. The van der Waals surface area contributed by atoms with E-state index in [1.165, 1.54) is 22.5 Å². The van der Waals surface area contributed by atoms with Crippen molar-refractivity contribution in [3.63, 3.8) is 0 Å². The van der Waals surface area contributed by atoms with E-state index >= 15 is 0 Å². The smallest absolute Gasteiger partial charge is 0.251 e. The number of anilines is 2. The fourth-order valence-electron chi connectivity index (χ4n) is 6.11. The third-order valence-corrected chi connectivity index (χ3v) is 8.71. The number of hydrogen-bond donors (Lipinski definition) is 1. The first kappa shape index (κ1) is 28.5. The first-order valence-electron chi connectivity index (χ1n) is 15.3. The van der Waals surface area contributed by atoms with Crippen LogP contribution in [0.4, 0.5) is 11.4 Å². The highest BCUT2D eigenvalue weighted by Crippen LogP contribution is 2.34. The van der Waals surface area contributed by atoms with Gasteiger partial charge in [-0.25, -0.2) is 0 Å². The molecule has 0 spiro atoms. The summed E-state index contributed by atoms with van der Waals surface area (Å²) < 4.78 is 12.0. The number of carbonyl (C=O) groups is 1. The lowest BCUT2D eigenvalue weighted by atomic mass is 9.99. The Balaban J connectivity index is 0.965. The van der Waals surface area contributed by atoms with Crippen LogP contribution in [0, 0.1) is 0 Å². The van der Waals surface area contributed by atoms with Gasteiger partial charge in [0.05, 0.1) is 19.3 Å². The summed E-state index contributed by atoms with van der Waals surface area (Å²) in [7, 11) is 2.17. The highest BCUT2D eigenvalue weighted by Gasteiger charge is 2.27. The Hall–Kier alpha value is -3.59. The lowest BCUT2D eigenvalue weighted by Crippen LogP contribution is -2.47. The van der Waals surface area contributed by atoms with Gasteiger partial charge in [0.1, 0.15) is 12.4 Å². The van der Waals surface area contributed by atoms with Gasteiger partial charge in [-0.2, -0.15) is 0 Å². The molecule has 3 heterocycles. The molecule has 0 saturated carbocycles. The van der Waals surface area contributed by atoms with Gasteiger partial charge < -0.3 is 29.5 Å². The van der Waals surface area contributed by atoms with E-state index in [1.54, 1.807) is 0 Å². The van der Waals surface area contributed by atoms with E-state index < -0.39 is 0 Å². The van der Waals surface area contributed by atoms with Crippen molar-refractivity contribution >= 4 is 17.3 Å². The lowest BCUT2D eigenvalue weighted by molar-refractivity contribution is 0.0907. The summed E-state index contributed by atoms with van der Waals surface area (Å²) in [4.78, 5) is 22.8. The number of nitrogens with zero attached hydrogens (tertiary/aromatic N) is 4. The topological polar surface area (TPSA) is 60.5 Å². The molecule has 3 aliphatic rings. The molecule has 1 atom stereocenters. The molecule has 3 aliphatic heterocycles. The second-order valence-corrected chi connectivity index (χ2v) is 11.6. The third-order valence-electron chi connectivity index (χ3n) is 8.71. The maximum absolute atomic E-state index is 13.2. The molecule has 3 aromatic carbocycles. The van der Waals surface area contributed by atoms with E-state index in [0.29, 0.717) is 18.8 Å². The van der Waals surface area contributed by atoms with Crippen molar-refractivity contribution in [3.05, 3.63) is 89.5 Å². The van der Waals surface area contributed by atoms with E-state index in [0.717, 1.165) is 77.7 Å². The van der Waals surface area contributed by atoms with E-state index in [2.05, 4.69) is 68.4 Å². The highest BCUT2D eigenvalue weighted by atomic mass is 16.5. The summed E-state index contributed by atoms with van der Waals surface area (Å²) in [6, 6.07) is 24.6. The summed E-state index contributed by atoms with van der Waals surface area (Å²) >= 11 is 0. The lowest BCUT2D eigenvalue weighted by Gasteiger charge is -2.37. The Morgan fingerprint density at radius 1 is 0.857 bits per heavy atom. The number of nitrogens with one attached hydrogen (secondary N) is 1. The highest BCUT2D eigenvalue weighted by molar-refractivity contribution is 5.94. The first-order valence-corrected chi connectivity index (χ1v) is 15.3. The van der Waals surface area contributed by atoms with Crippen LogP contribution in [0.5, 0.6) is 5.75 Å². The molecule has 0 aliphatic carbocycles. The van der Waals surface area contributed by atoms with Gasteiger partial charge in [-0.1, -0.05) is 36.4 Å². The normalized spacial score (nSPS) is 19.7. The molecule has 1 amide bonds. The Morgan fingerprint density at radius 2 is 1.60 bits per heavy atom. The minimum atomic E-state index is -0.0527. The Labute approximate surface area is 249 Å². The van der Waals surface area contributed by atoms with E-state index in [1.807, 2.05) is 36.4 Å². The number of likely N-dealkylation sites (N-methyl/N-ethyl adjacent to an activating group) is 1. The molecule has 2 fully saturated rings. The molecule has 0 aromatic heterocycles.